The van der Waals surface area contributed by atoms with Gasteiger partial charge in [0.1, 0.15) is 11.6 Å². The standard InChI is InChI=1S/C18H16FN3O/c1-21-16-8-3-2-7-15(16)20-18(21)12-9-17(23)22(11-12)14-6-4-5-13(19)10-14/h2-8,10,12H,9,11H2,1H3. The zero-order chi connectivity index (χ0) is 16.0. The SMILES string of the molecule is Cn1c(C2CC(=O)N(c3cccc(F)c3)C2)nc2ccccc21. The van der Waals surface area contributed by atoms with Crippen molar-refractivity contribution in [2.45, 2.75) is 12.3 Å². The number of anilines is 1. The van der Waals surface area contributed by atoms with Gasteiger partial charge in [-0.3, -0.25) is 4.79 Å². The molecule has 1 aromatic heterocycles. The number of carbonyl (C=O) groups excluding carboxylic acids is 1. The lowest BCUT2D eigenvalue weighted by Crippen LogP contribution is -2.24. The predicted molar refractivity (Wildman–Crippen MR) is 86.8 cm³/mol. The van der Waals surface area contributed by atoms with E-state index in [1.165, 1.54) is 12.1 Å². The molecule has 0 radical (unpaired) electrons. The van der Waals surface area contributed by atoms with Gasteiger partial charge < -0.3 is 9.47 Å². The minimum absolute atomic E-state index is 0.00709. The molecule has 116 valence electrons. The fourth-order valence-electron chi connectivity index (χ4n) is 3.30. The van der Waals surface area contributed by atoms with Crippen molar-refractivity contribution in [2.24, 2.45) is 7.05 Å². The zero-order valence-corrected chi connectivity index (χ0v) is 12.7. The van der Waals surface area contributed by atoms with Gasteiger partial charge in [-0.15, -0.1) is 0 Å². The van der Waals surface area contributed by atoms with Crippen LogP contribution >= 0.6 is 0 Å². The molecule has 23 heavy (non-hydrogen) atoms. The van der Waals surface area contributed by atoms with Crippen LogP contribution in [0.1, 0.15) is 18.2 Å². The van der Waals surface area contributed by atoms with E-state index in [4.69, 9.17) is 0 Å². The topological polar surface area (TPSA) is 38.1 Å². The van der Waals surface area contributed by atoms with Crippen molar-refractivity contribution in [3.05, 3.63) is 60.2 Å². The van der Waals surface area contributed by atoms with Crippen LogP contribution in [-0.4, -0.2) is 22.0 Å². The summed E-state index contributed by atoms with van der Waals surface area (Å²) in [5.74, 6) is 0.593. The van der Waals surface area contributed by atoms with Crippen LogP contribution in [-0.2, 0) is 11.8 Å². The van der Waals surface area contributed by atoms with Gasteiger partial charge in [0.25, 0.3) is 0 Å². The summed E-state index contributed by atoms with van der Waals surface area (Å²) in [7, 11) is 1.97. The largest absolute Gasteiger partial charge is 0.331 e. The molecule has 4 rings (SSSR count). The molecule has 0 spiro atoms. The van der Waals surface area contributed by atoms with Crippen molar-refractivity contribution in [3.8, 4) is 0 Å². The van der Waals surface area contributed by atoms with Gasteiger partial charge in [-0.2, -0.15) is 0 Å². The number of benzene rings is 2. The van der Waals surface area contributed by atoms with E-state index in [9.17, 15) is 9.18 Å². The summed E-state index contributed by atoms with van der Waals surface area (Å²) in [6, 6.07) is 14.1. The molecule has 0 aliphatic carbocycles. The maximum atomic E-state index is 13.4. The molecular weight excluding hydrogens is 293 g/mol. The Kier molecular flexibility index (Phi) is 3.15. The Morgan fingerprint density at radius 2 is 2.00 bits per heavy atom. The van der Waals surface area contributed by atoms with E-state index in [1.54, 1.807) is 17.0 Å². The fourth-order valence-corrected chi connectivity index (χ4v) is 3.30. The van der Waals surface area contributed by atoms with Crippen LogP contribution in [0.25, 0.3) is 11.0 Å². The molecule has 0 saturated carbocycles. The molecule has 1 amide bonds. The van der Waals surface area contributed by atoms with Gasteiger partial charge in [0, 0.05) is 31.6 Å². The number of rotatable bonds is 2. The third-order valence-electron chi connectivity index (χ3n) is 4.43. The quantitative estimate of drug-likeness (QED) is 0.729. The van der Waals surface area contributed by atoms with E-state index in [1.807, 2.05) is 35.9 Å². The number of aryl methyl sites for hydroxylation is 1. The molecule has 1 aliphatic rings. The molecule has 2 heterocycles. The number of nitrogens with zero attached hydrogens (tertiary/aromatic N) is 3. The number of hydrogen-bond donors (Lipinski definition) is 0. The highest BCUT2D eigenvalue weighted by atomic mass is 19.1. The van der Waals surface area contributed by atoms with Gasteiger partial charge in [0.2, 0.25) is 5.91 Å². The lowest BCUT2D eigenvalue weighted by atomic mass is 10.1. The number of carbonyl (C=O) groups is 1. The molecule has 1 unspecified atom stereocenters. The Balaban J connectivity index is 1.69. The van der Waals surface area contributed by atoms with Crippen LogP contribution in [0.2, 0.25) is 0 Å². The van der Waals surface area contributed by atoms with Crippen molar-refractivity contribution in [1.82, 2.24) is 9.55 Å². The molecular formula is C18H16FN3O. The summed E-state index contributed by atoms with van der Waals surface area (Å²) in [6.45, 7) is 0.527. The van der Waals surface area contributed by atoms with E-state index < -0.39 is 0 Å². The van der Waals surface area contributed by atoms with E-state index in [2.05, 4.69) is 4.98 Å². The Morgan fingerprint density at radius 1 is 1.17 bits per heavy atom. The second-order valence-electron chi connectivity index (χ2n) is 5.90. The maximum absolute atomic E-state index is 13.4. The van der Waals surface area contributed by atoms with Crippen LogP contribution < -0.4 is 4.90 Å². The van der Waals surface area contributed by atoms with Gasteiger partial charge in [0.15, 0.2) is 0 Å². The summed E-state index contributed by atoms with van der Waals surface area (Å²) in [6.07, 6.45) is 0.397. The monoisotopic (exact) mass is 309 g/mol. The first-order valence-electron chi connectivity index (χ1n) is 7.61. The van der Waals surface area contributed by atoms with Gasteiger partial charge in [0.05, 0.1) is 11.0 Å². The Labute approximate surface area is 133 Å². The van der Waals surface area contributed by atoms with Crippen molar-refractivity contribution in [1.29, 1.82) is 0 Å². The smallest absolute Gasteiger partial charge is 0.227 e. The summed E-state index contributed by atoms with van der Waals surface area (Å²) in [5.41, 5.74) is 2.59. The fraction of sp³-hybridized carbons (Fsp3) is 0.222. The van der Waals surface area contributed by atoms with Crippen molar-refractivity contribution < 1.29 is 9.18 Å². The first-order chi connectivity index (χ1) is 11.1. The molecule has 1 fully saturated rings. The molecule has 0 N–H and O–H groups in total. The number of para-hydroxylation sites is 2. The normalized spacial score (nSPS) is 18.1. The Hall–Kier alpha value is -2.69. The maximum Gasteiger partial charge on any atom is 0.227 e. The number of imidazole rings is 1. The molecule has 0 bridgehead atoms. The number of amides is 1. The van der Waals surface area contributed by atoms with E-state index in [0.29, 0.717) is 18.7 Å². The van der Waals surface area contributed by atoms with Gasteiger partial charge in [-0.1, -0.05) is 18.2 Å². The first-order valence-corrected chi connectivity index (χ1v) is 7.61. The summed E-state index contributed by atoms with van der Waals surface area (Å²) >= 11 is 0. The minimum Gasteiger partial charge on any atom is -0.331 e. The van der Waals surface area contributed by atoms with Crippen molar-refractivity contribution in [2.75, 3.05) is 11.4 Å². The molecule has 3 aromatic rings. The van der Waals surface area contributed by atoms with Gasteiger partial charge in [-0.25, -0.2) is 9.37 Å². The number of aromatic nitrogens is 2. The van der Waals surface area contributed by atoms with Crippen molar-refractivity contribution >= 4 is 22.6 Å². The molecule has 2 aromatic carbocycles. The van der Waals surface area contributed by atoms with Crippen LogP contribution in [0.3, 0.4) is 0 Å². The number of hydrogen-bond acceptors (Lipinski definition) is 2. The molecule has 1 atom stereocenters. The number of fused-ring (bicyclic) bond motifs is 1. The van der Waals surface area contributed by atoms with Crippen LogP contribution in [0.4, 0.5) is 10.1 Å². The zero-order valence-electron chi connectivity index (χ0n) is 12.7. The third-order valence-corrected chi connectivity index (χ3v) is 4.43. The van der Waals surface area contributed by atoms with Crippen LogP contribution in [0.15, 0.2) is 48.5 Å². The lowest BCUT2D eigenvalue weighted by Gasteiger charge is -2.16. The van der Waals surface area contributed by atoms with Crippen LogP contribution in [0.5, 0.6) is 0 Å². The van der Waals surface area contributed by atoms with Gasteiger partial charge in [-0.05, 0) is 30.3 Å². The average Bonchev–Trinajstić information content (AvgIpc) is 3.09. The van der Waals surface area contributed by atoms with E-state index in [-0.39, 0.29) is 17.6 Å². The van der Waals surface area contributed by atoms with Crippen molar-refractivity contribution in [3.63, 3.8) is 0 Å². The summed E-state index contributed by atoms with van der Waals surface area (Å²) in [4.78, 5) is 18.7. The molecule has 1 aliphatic heterocycles. The Bertz CT molecular complexity index is 902. The molecule has 5 heteroatoms. The van der Waals surface area contributed by atoms with E-state index >= 15 is 0 Å². The second-order valence-corrected chi connectivity index (χ2v) is 5.90. The highest BCUT2D eigenvalue weighted by Crippen LogP contribution is 2.32. The highest BCUT2D eigenvalue weighted by Gasteiger charge is 2.34. The number of halogens is 1. The predicted octanol–water partition coefficient (Wildman–Crippen LogP) is 3.23. The summed E-state index contributed by atoms with van der Waals surface area (Å²) in [5, 5.41) is 0. The first kappa shape index (κ1) is 13.9. The summed E-state index contributed by atoms with van der Waals surface area (Å²) < 4.78 is 15.5. The second kappa shape index (κ2) is 5.19. The molecule has 4 nitrogen and oxygen atoms in total. The average molecular weight is 309 g/mol. The Morgan fingerprint density at radius 3 is 2.78 bits per heavy atom. The lowest BCUT2D eigenvalue weighted by molar-refractivity contribution is -0.117. The highest BCUT2D eigenvalue weighted by molar-refractivity contribution is 5.96. The van der Waals surface area contributed by atoms with Gasteiger partial charge >= 0.3 is 0 Å². The third kappa shape index (κ3) is 2.29. The van der Waals surface area contributed by atoms with E-state index in [0.717, 1.165) is 16.9 Å². The minimum atomic E-state index is -0.332. The van der Waals surface area contributed by atoms with Crippen LogP contribution in [0, 0.1) is 5.82 Å². The molecule has 1 saturated heterocycles.